The summed E-state index contributed by atoms with van der Waals surface area (Å²) in [7, 11) is 3.62. The number of nitrogens with zero attached hydrogens (tertiary/aromatic N) is 1. The summed E-state index contributed by atoms with van der Waals surface area (Å²) in [6, 6.07) is 14.4. The summed E-state index contributed by atoms with van der Waals surface area (Å²) in [5.41, 5.74) is 3.09. The average molecular weight is 270 g/mol. The molecule has 1 amide bonds. The molecule has 0 aliphatic heterocycles. The van der Waals surface area contributed by atoms with Gasteiger partial charge in [0.2, 0.25) is 0 Å². The molecule has 4 nitrogen and oxygen atoms in total. The number of carbonyl (C=O) groups is 2. The molecule has 0 fully saturated rings. The molecule has 2 aromatic carbocycles. The highest BCUT2D eigenvalue weighted by atomic mass is 16.4. The van der Waals surface area contributed by atoms with E-state index in [9.17, 15) is 9.59 Å². The van der Waals surface area contributed by atoms with Crippen molar-refractivity contribution in [3.05, 3.63) is 54.1 Å². The van der Waals surface area contributed by atoms with Crippen molar-refractivity contribution in [1.29, 1.82) is 0 Å². The Kier molecular flexibility index (Phi) is 3.68. The lowest BCUT2D eigenvalue weighted by Crippen LogP contribution is -2.38. The van der Waals surface area contributed by atoms with E-state index >= 15 is 0 Å². The van der Waals surface area contributed by atoms with E-state index in [4.69, 9.17) is 5.11 Å². The van der Waals surface area contributed by atoms with Gasteiger partial charge in [0, 0.05) is 12.1 Å². The molecule has 20 heavy (non-hydrogen) atoms. The maximum atomic E-state index is 11.0. The first-order valence-electron chi connectivity index (χ1n) is 6.18. The predicted octanol–water partition coefficient (Wildman–Crippen LogP) is 2.78. The van der Waals surface area contributed by atoms with Crippen LogP contribution in [0.15, 0.2) is 48.5 Å². The highest BCUT2D eigenvalue weighted by Crippen LogP contribution is 2.24. The van der Waals surface area contributed by atoms with Crippen molar-refractivity contribution >= 4 is 18.1 Å². The van der Waals surface area contributed by atoms with Crippen molar-refractivity contribution in [3.8, 4) is 11.1 Å². The molecule has 0 aliphatic rings. The number of carboxylic acids is 1. The van der Waals surface area contributed by atoms with E-state index in [1.807, 2.05) is 38.4 Å². The molecule has 2 rings (SSSR count). The first-order chi connectivity index (χ1) is 9.44. The van der Waals surface area contributed by atoms with Gasteiger partial charge in [-0.2, -0.15) is 0 Å². The molecule has 0 heterocycles. The van der Waals surface area contributed by atoms with E-state index in [-0.39, 0.29) is 10.0 Å². The largest absolute Gasteiger partial charge is 0.478 e. The lowest BCUT2D eigenvalue weighted by molar-refractivity contribution is -0.115. The number of quaternary nitrogens is 1. The van der Waals surface area contributed by atoms with Gasteiger partial charge >= 0.3 is 12.4 Å². The van der Waals surface area contributed by atoms with Gasteiger partial charge in [0.1, 0.15) is 5.69 Å². The molecule has 0 aromatic heterocycles. The Morgan fingerprint density at radius 1 is 0.950 bits per heavy atom. The first-order valence-corrected chi connectivity index (χ1v) is 6.18. The van der Waals surface area contributed by atoms with Gasteiger partial charge in [-0.1, -0.05) is 12.1 Å². The number of hydrogen-bond acceptors (Lipinski definition) is 2. The highest BCUT2D eigenvalue weighted by molar-refractivity contribution is 5.88. The summed E-state index contributed by atoms with van der Waals surface area (Å²) in [6.45, 7) is 0. The van der Waals surface area contributed by atoms with Gasteiger partial charge in [-0.15, -0.1) is 0 Å². The Bertz CT molecular complexity index is 628. The summed E-state index contributed by atoms with van der Waals surface area (Å²) in [6.07, 6.45) is 0.872. The summed E-state index contributed by atoms with van der Waals surface area (Å²) >= 11 is 0. The second-order valence-electron chi connectivity index (χ2n) is 5.07. The average Bonchev–Trinajstić information content (AvgIpc) is 2.47. The summed E-state index contributed by atoms with van der Waals surface area (Å²) in [5, 5.41) is 8.86. The van der Waals surface area contributed by atoms with Crippen LogP contribution in [0, 0.1) is 0 Å². The van der Waals surface area contributed by atoms with Crippen molar-refractivity contribution in [1.82, 2.24) is 4.48 Å². The van der Waals surface area contributed by atoms with Gasteiger partial charge in [0.05, 0.1) is 19.7 Å². The van der Waals surface area contributed by atoms with Crippen molar-refractivity contribution in [2.45, 2.75) is 0 Å². The van der Waals surface area contributed by atoms with Crippen molar-refractivity contribution in [2.24, 2.45) is 0 Å². The van der Waals surface area contributed by atoms with Gasteiger partial charge in [-0.3, -0.25) is 0 Å². The maximum Gasteiger partial charge on any atom is 0.335 e. The number of amides is 1. The Hall–Kier alpha value is -2.46. The van der Waals surface area contributed by atoms with Crippen LogP contribution in [0.5, 0.6) is 0 Å². The van der Waals surface area contributed by atoms with E-state index in [1.165, 1.54) is 0 Å². The number of aromatic carboxylic acids is 1. The fourth-order valence-corrected chi connectivity index (χ4v) is 1.90. The fraction of sp³-hybridized carbons (Fsp3) is 0.125. The van der Waals surface area contributed by atoms with Crippen LogP contribution in [-0.4, -0.2) is 31.6 Å². The minimum absolute atomic E-state index is 0.165. The Balaban J connectivity index is 2.30. The van der Waals surface area contributed by atoms with Crippen molar-refractivity contribution in [2.75, 3.05) is 14.1 Å². The third kappa shape index (κ3) is 2.75. The number of hydrogen-bond donors (Lipinski definition) is 1. The van der Waals surface area contributed by atoms with Crippen LogP contribution in [0.25, 0.3) is 11.1 Å². The molecular weight excluding hydrogens is 254 g/mol. The molecule has 0 aliphatic carbocycles. The SMILES string of the molecule is C[N+](C)(C=O)c1ccc(-c2ccc(C(=O)O)cc2)cc1. The molecule has 0 spiro atoms. The van der Waals surface area contributed by atoms with Crippen molar-refractivity contribution < 1.29 is 14.7 Å². The van der Waals surface area contributed by atoms with Crippen LogP contribution in [-0.2, 0) is 4.79 Å². The van der Waals surface area contributed by atoms with E-state index in [1.54, 1.807) is 24.3 Å². The molecule has 0 atom stereocenters. The fourth-order valence-electron chi connectivity index (χ4n) is 1.90. The molecule has 2 aromatic rings. The second kappa shape index (κ2) is 5.27. The van der Waals surface area contributed by atoms with Gasteiger partial charge < -0.3 is 5.11 Å². The molecule has 1 N–H and O–H groups in total. The van der Waals surface area contributed by atoms with Crippen LogP contribution in [0.1, 0.15) is 10.4 Å². The lowest BCUT2D eigenvalue weighted by atomic mass is 10.0. The van der Waals surface area contributed by atoms with Crippen LogP contribution in [0.3, 0.4) is 0 Å². The number of carbonyl (C=O) groups excluding carboxylic acids is 1. The molecule has 102 valence electrons. The molecule has 0 radical (unpaired) electrons. The molecular formula is C16H16NO3+. The molecule has 0 saturated heterocycles. The topological polar surface area (TPSA) is 54.4 Å². The van der Waals surface area contributed by atoms with Crippen LogP contribution >= 0.6 is 0 Å². The smallest absolute Gasteiger partial charge is 0.335 e. The zero-order valence-corrected chi connectivity index (χ0v) is 11.4. The molecule has 0 bridgehead atoms. The van der Waals surface area contributed by atoms with E-state index in [0.717, 1.165) is 23.2 Å². The zero-order chi connectivity index (χ0) is 14.8. The number of rotatable bonds is 4. The third-order valence-electron chi connectivity index (χ3n) is 3.26. The van der Waals surface area contributed by atoms with E-state index in [2.05, 4.69) is 0 Å². The normalized spacial score (nSPS) is 11.1. The molecule has 0 unspecified atom stereocenters. The van der Waals surface area contributed by atoms with Crippen LogP contribution < -0.4 is 4.48 Å². The minimum atomic E-state index is -0.933. The monoisotopic (exact) mass is 270 g/mol. The third-order valence-corrected chi connectivity index (χ3v) is 3.26. The quantitative estimate of drug-likeness (QED) is 0.686. The van der Waals surface area contributed by atoms with Gasteiger partial charge in [-0.25, -0.2) is 14.1 Å². The molecule has 0 saturated carbocycles. The zero-order valence-electron chi connectivity index (χ0n) is 11.4. The summed E-state index contributed by atoms with van der Waals surface area (Å²) in [4.78, 5) is 21.8. The van der Waals surface area contributed by atoms with Gasteiger partial charge in [-0.05, 0) is 35.4 Å². The Labute approximate surface area is 117 Å². The maximum absolute atomic E-state index is 11.0. The van der Waals surface area contributed by atoms with Gasteiger partial charge in [0.25, 0.3) is 0 Å². The number of benzene rings is 2. The standard InChI is InChI=1S/C16H15NO3/c1-17(2,11-18)15-9-7-13(8-10-15)12-3-5-14(6-4-12)16(19)20/h3-11H,1-2H3/p+1. The first kappa shape index (κ1) is 14.0. The summed E-state index contributed by atoms with van der Waals surface area (Å²) < 4.78 is 0.165. The van der Waals surface area contributed by atoms with E-state index in [0.29, 0.717) is 0 Å². The summed E-state index contributed by atoms with van der Waals surface area (Å²) in [5.74, 6) is -0.933. The minimum Gasteiger partial charge on any atom is -0.478 e. The Morgan fingerprint density at radius 3 is 1.80 bits per heavy atom. The lowest BCUT2D eigenvalue weighted by Gasteiger charge is -2.20. The highest BCUT2D eigenvalue weighted by Gasteiger charge is 2.17. The number of carboxylic acid groups (broad SMARTS) is 1. The van der Waals surface area contributed by atoms with Crippen LogP contribution in [0.4, 0.5) is 5.69 Å². The second-order valence-corrected chi connectivity index (χ2v) is 5.07. The predicted molar refractivity (Wildman–Crippen MR) is 78.5 cm³/mol. The van der Waals surface area contributed by atoms with Crippen LogP contribution in [0.2, 0.25) is 0 Å². The van der Waals surface area contributed by atoms with E-state index < -0.39 is 5.97 Å². The van der Waals surface area contributed by atoms with Crippen molar-refractivity contribution in [3.63, 3.8) is 0 Å². The van der Waals surface area contributed by atoms with Gasteiger partial charge in [0.15, 0.2) is 0 Å². The Morgan fingerprint density at radius 2 is 1.40 bits per heavy atom. The molecule has 4 heteroatoms.